The lowest BCUT2D eigenvalue weighted by Crippen LogP contribution is -2.12. The van der Waals surface area contributed by atoms with Gasteiger partial charge in [-0.05, 0) is 34.1 Å². The van der Waals surface area contributed by atoms with Gasteiger partial charge in [0.05, 0.1) is 17.7 Å². The van der Waals surface area contributed by atoms with Crippen LogP contribution in [0.15, 0.2) is 126 Å². The first-order valence-electron chi connectivity index (χ1n) is 12.2. The van der Waals surface area contributed by atoms with Crippen LogP contribution in [0.3, 0.4) is 0 Å². The van der Waals surface area contributed by atoms with Gasteiger partial charge in [0.1, 0.15) is 6.61 Å². The molecule has 0 heterocycles. The summed E-state index contributed by atoms with van der Waals surface area (Å²) in [6.07, 6.45) is 2.12. The molecule has 37 heavy (non-hydrogen) atoms. The number of methoxy groups -OCH3 is 1. The van der Waals surface area contributed by atoms with Crippen molar-refractivity contribution in [2.45, 2.75) is 6.61 Å². The monoisotopic (exact) mass is 507 g/mol. The van der Waals surface area contributed by atoms with Crippen molar-refractivity contribution in [1.29, 1.82) is 0 Å². The average Bonchev–Trinajstić information content (AvgIpc) is 2.95. The van der Waals surface area contributed by atoms with Crippen LogP contribution in [0.25, 0.3) is 11.1 Å². The van der Waals surface area contributed by atoms with E-state index < -0.39 is 0 Å². The molecule has 4 aromatic carbocycles. The lowest BCUT2D eigenvalue weighted by molar-refractivity contribution is 0.0554. The Bertz CT molecular complexity index is 1310. The van der Waals surface area contributed by atoms with E-state index in [0.29, 0.717) is 12.6 Å². The lowest BCUT2D eigenvalue weighted by Gasteiger charge is -2.23. The lowest BCUT2D eigenvalue weighted by atomic mass is 9.94. The topological polar surface area (TPSA) is 21.7 Å². The average molecular weight is 508 g/mol. The van der Waals surface area contributed by atoms with Gasteiger partial charge in [-0.3, -0.25) is 0 Å². The van der Waals surface area contributed by atoms with Crippen molar-refractivity contribution in [3.63, 3.8) is 0 Å². The van der Waals surface area contributed by atoms with Crippen LogP contribution in [0.4, 0.5) is 0 Å². The van der Waals surface area contributed by atoms with Crippen LogP contribution in [0, 0.1) is 0 Å². The van der Waals surface area contributed by atoms with Crippen LogP contribution < -0.4 is 0 Å². The molecule has 4 rings (SSSR count). The molecule has 0 spiro atoms. The minimum Gasteiger partial charge on any atom is -0.468 e. The van der Waals surface area contributed by atoms with Gasteiger partial charge in [0.15, 0.2) is 0 Å². The van der Waals surface area contributed by atoms with E-state index in [9.17, 15) is 0 Å². The number of benzene rings is 4. The molecule has 0 N–H and O–H groups in total. The molecule has 0 saturated carbocycles. The maximum atomic E-state index is 6.46. The minimum absolute atomic E-state index is 0.369. The molecule has 3 nitrogen and oxygen atoms in total. The number of hydrogen-bond donors (Lipinski definition) is 0. The number of hydrogen-bond acceptors (Lipinski definition) is 4. The van der Waals surface area contributed by atoms with Crippen molar-refractivity contribution in [2.24, 2.45) is 0 Å². The van der Waals surface area contributed by atoms with Crippen molar-refractivity contribution in [2.75, 3.05) is 27.5 Å². The van der Waals surface area contributed by atoms with Crippen molar-refractivity contribution in [3.8, 4) is 0 Å². The molecule has 0 aliphatic heterocycles. The van der Waals surface area contributed by atoms with E-state index in [1.54, 1.807) is 18.9 Å². The summed E-state index contributed by atoms with van der Waals surface area (Å²) in [6.45, 7) is 0.369. The highest BCUT2D eigenvalue weighted by atomic mass is 32.2. The summed E-state index contributed by atoms with van der Waals surface area (Å²) in [5, 5.41) is 1.19. The molecule has 0 fully saturated rings. The van der Waals surface area contributed by atoms with E-state index in [1.165, 1.54) is 16.2 Å². The second kappa shape index (κ2) is 12.9. The van der Waals surface area contributed by atoms with Gasteiger partial charge in [-0.2, -0.15) is 0 Å². The van der Waals surface area contributed by atoms with Gasteiger partial charge in [-0.1, -0.05) is 115 Å². The zero-order valence-electron chi connectivity index (χ0n) is 21.8. The van der Waals surface area contributed by atoms with Gasteiger partial charge < -0.3 is 14.4 Å². The standard InChI is InChI=1S/C33H33NO2S/c1-34(2)32(37-4)31(27-20-12-7-13-21-27)29-23-15-14-22-28(29)24-36-33(35-3)30(25-16-8-5-9-17-25)26-18-10-6-11-19-26/h5-23H,24H2,1-4H3/b32-31-. The van der Waals surface area contributed by atoms with Crippen LogP contribution in [0.2, 0.25) is 0 Å². The molecule has 0 radical (unpaired) electrons. The molecule has 0 saturated heterocycles. The predicted molar refractivity (Wildman–Crippen MR) is 157 cm³/mol. The summed E-state index contributed by atoms with van der Waals surface area (Å²) in [5.41, 5.74) is 7.60. The second-order valence-corrected chi connectivity index (χ2v) is 9.48. The molecule has 0 atom stereocenters. The highest BCUT2D eigenvalue weighted by Gasteiger charge is 2.19. The molecule has 4 aromatic rings. The molecule has 0 aromatic heterocycles. The summed E-state index contributed by atoms with van der Waals surface area (Å²) < 4.78 is 12.3. The second-order valence-electron chi connectivity index (χ2n) is 8.69. The van der Waals surface area contributed by atoms with Crippen LogP contribution >= 0.6 is 11.8 Å². The fourth-order valence-electron chi connectivity index (χ4n) is 4.39. The fourth-order valence-corrected chi connectivity index (χ4v) is 5.18. The summed E-state index contributed by atoms with van der Waals surface area (Å²) in [5.74, 6) is 0.496. The number of rotatable bonds is 10. The van der Waals surface area contributed by atoms with E-state index in [2.05, 4.69) is 104 Å². The molecule has 0 aliphatic carbocycles. The Morgan fingerprint density at radius 1 is 0.649 bits per heavy atom. The van der Waals surface area contributed by atoms with E-state index in [0.717, 1.165) is 27.8 Å². The molecule has 188 valence electrons. The fraction of sp³-hybridized carbons (Fsp3) is 0.152. The molecule has 0 amide bonds. The first kappa shape index (κ1) is 26.2. The van der Waals surface area contributed by atoms with Gasteiger partial charge in [-0.25, -0.2) is 0 Å². The Hall–Kier alpha value is -3.89. The molecular weight excluding hydrogens is 474 g/mol. The zero-order chi connectivity index (χ0) is 26.0. The minimum atomic E-state index is 0.369. The van der Waals surface area contributed by atoms with E-state index >= 15 is 0 Å². The molecule has 0 aliphatic rings. The molecule has 4 heteroatoms. The maximum absolute atomic E-state index is 6.46. The highest BCUT2D eigenvalue weighted by Crippen LogP contribution is 2.35. The third kappa shape index (κ3) is 6.28. The van der Waals surface area contributed by atoms with Crippen LogP contribution in [0.5, 0.6) is 0 Å². The maximum Gasteiger partial charge on any atom is 0.288 e. The van der Waals surface area contributed by atoms with E-state index in [4.69, 9.17) is 9.47 Å². The van der Waals surface area contributed by atoms with Gasteiger partial charge in [0.25, 0.3) is 5.95 Å². The third-order valence-corrected chi connectivity index (χ3v) is 6.99. The van der Waals surface area contributed by atoms with Crippen molar-refractivity contribution in [1.82, 2.24) is 4.90 Å². The Morgan fingerprint density at radius 2 is 1.11 bits per heavy atom. The predicted octanol–water partition coefficient (Wildman–Crippen LogP) is 7.91. The molecular formula is C33H33NO2S. The Balaban J connectivity index is 1.79. The van der Waals surface area contributed by atoms with E-state index in [-0.39, 0.29) is 0 Å². The largest absolute Gasteiger partial charge is 0.468 e. The van der Waals surface area contributed by atoms with Gasteiger partial charge >= 0.3 is 0 Å². The zero-order valence-corrected chi connectivity index (χ0v) is 22.7. The van der Waals surface area contributed by atoms with Crippen molar-refractivity contribution < 1.29 is 9.47 Å². The highest BCUT2D eigenvalue weighted by molar-refractivity contribution is 8.02. The first-order chi connectivity index (χ1) is 18.1. The Morgan fingerprint density at radius 3 is 1.57 bits per heavy atom. The summed E-state index contributed by atoms with van der Waals surface area (Å²) in [7, 11) is 5.84. The van der Waals surface area contributed by atoms with E-state index in [1.807, 2.05) is 36.4 Å². The van der Waals surface area contributed by atoms with Crippen molar-refractivity contribution in [3.05, 3.63) is 154 Å². The number of thioether (sulfide) groups is 1. The number of nitrogens with zero attached hydrogens (tertiary/aromatic N) is 1. The van der Waals surface area contributed by atoms with Gasteiger partial charge in [-0.15, -0.1) is 11.8 Å². The van der Waals surface area contributed by atoms with Crippen molar-refractivity contribution >= 4 is 22.9 Å². The summed E-state index contributed by atoms with van der Waals surface area (Å²) in [4.78, 5) is 2.17. The van der Waals surface area contributed by atoms with Gasteiger partial charge in [0.2, 0.25) is 0 Å². The van der Waals surface area contributed by atoms with Crippen LogP contribution in [0.1, 0.15) is 27.8 Å². The Kier molecular flexibility index (Phi) is 9.12. The smallest absolute Gasteiger partial charge is 0.288 e. The first-order valence-corrected chi connectivity index (χ1v) is 13.5. The van der Waals surface area contributed by atoms with Gasteiger partial charge in [0, 0.05) is 19.7 Å². The normalized spacial score (nSPS) is 11.4. The Labute approximate surface area is 225 Å². The quantitative estimate of drug-likeness (QED) is 0.203. The van der Waals surface area contributed by atoms with Crippen LogP contribution in [-0.4, -0.2) is 32.4 Å². The SMILES string of the molecule is COC(OCc1ccccc1/C(=C(\SC)N(C)C)c1ccccc1)=C(c1ccccc1)c1ccccc1. The molecule has 0 unspecified atom stereocenters. The summed E-state index contributed by atoms with van der Waals surface area (Å²) >= 11 is 1.74. The van der Waals surface area contributed by atoms with Crippen LogP contribution in [-0.2, 0) is 16.1 Å². The third-order valence-electron chi connectivity index (χ3n) is 6.04. The summed E-state index contributed by atoms with van der Waals surface area (Å²) in [6, 6.07) is 39.5. The molecule has 0 bridgehead atoms. The number of ether oxygens (including phenoxy) is 2.